The first-order valence-corrected chi connectivity index (χ1v) is 11.6. The number of hydrogen-bond acceptors (Lipinski definition) is 6. The fourth-order valence-corrected chi connectivity index (χ4v) is 4.13. The Hall–Kier alpha value is -3.42. The van der Waals surface area contributed by atoms with Gasteiger partial charge in [-0.3, -0.25) is 14.9 Å². The summed E-state index contributed by atoms with van der Waals surface area (Å²) in [4.78, 5) is 25.1. The van der Waals surface area contributed by atoms with E-state index >= 15 is 0 Å². The van der Waals surface area contributed by atoms with Crippen LogP contribution in [0.1, 0.15) is 63.0 Å². The summed E-state index contributed by atoms with van der Waals surface area (Å²) in [5.41, 5.74) is 5.18. The number of nitrogens with zero attached hydrogens (tertiary/aromatic N) is 3. The molecule has 1 amide bonds. The predicted octanol–water partition coefficient (Wildman–Crippen LogP) is 5.02. The number of anilines is 1. The molecule has 8 heteroatoms. The molecule has 33 heavy (non-hydrogen) atoms. The van der Waals surface area contributed by atoms with Crippen LogP contribution in [0.25, 0.3) is 0 Å². The largest absolute Gasteiger partial charge is 0.484 e. The Morgan fingerprint density at radius 3 is 2.48 bits per heavy atom. The molecule has 0 spiro atoms. The lowest BCUT2D eigenvalue weighted by Crippen LogP contribution is -2.30. The second-order valence-corrected chi connectivity index (χ2v) is 8.21. The first-order chi connectivity index (χ1) is 16.0. The fourth-order valence-electron chi connectivity index (χ4n) is 4.13. The molecule has 1 fully saturated rings. The summed E-state index contributed by atoms with van der Waals surface area (Å²) >= 11 is 0. The summed E-state index contributed by atoms with van der Waals surface area (Å²) in [6, 6.07) is 12.6. The molecule has 0 atom stereocenters. The highest BCUT2D eigenvalue weighted by Gasteiger charge is 2.17. The van der Waals surface area contributed by atoms with Gasteiger partial charge in [0, 0.05) is 36.5 Å². The number of nitro benzene ring substituents is 1. The number of hydrogen-bond donors (Lipinski definition) is 1. The van der Waals surface area contributed by atoms with E-state index in [0.29, 0.717) is 17.2 Å². The molecule has 1 heterocycles. The van der Waals surface area contributed by atoms with Crippen molar-refractivity contribution in [2.24, 2.45) is 5.10 Å². The van der Waals surface area contributed by atoms with Gasteiger partial charge in [0.25, 0.3) is 11.6 Å². The number of piperidine rings is 1. The maximum atomic E-state index is 12.2. The van der Waals surface area contributed by atoms with Gasteiger partial charge in [-0.25, -0.2) is 5.43 Å². The highest BCUT2D eigenvalue weighted by atomic mass is 16.6. The maximum Gasteiger partial charge on any atom is 0.277 e. The number of carbonyl (C=O) groups is 1. The maximum absolute atomic E-state index is 12.2. The van der Waals surface area contributed by atoms with Crippen LogP contribution in [0, 0.1) is 10.1 Å². The summed E-state index contributed by atoms with van der Waals surface area (Å²) in [5, 5.41) is 15.2. The molecule has 1 N–H and O–H groups in total. The monoisotopic (exact) mass is 452 g/mol. The van der Waals surface area contributed by atoms with E-state index in [2.05, 4.69) is 29.3 Å². The molecule has 0 aliphatic carbocycles. The fraction of sp³-hybridized carbons (Fsp3) is 0.440. The number of carbonyl (C=O) groups excluding carboxylic acids is 1. The van der Waals surface area contributed by atoms with Crippen molar-refractivity contribution in [3.05, 3.63) is 63.7 Å². The predicted molar refractivity (Wildman–Crippen MR) is 130 cm³/mol. The van der Waals surface area contributed by atoms with Crippen LogP contribution in [-0.2, 0) is 4.79 Å². The van der Waals surface area contributed by atoms with Crippen LogP contribution in [0.15, 0.2) is 47.6 Å². The zero-order valence-corrected chi connectivity index (χ0v) is 19.3. The van der Waals surface area contributed by atoms with Crippen molar-refractivity contribution >= 4 is 23.5 Å². The Balaban J connectivity index is 1.59. The first-order valence-electron chi connectivity index (χ1n) is 11.6. The van der Waals surface area contributed by atoms with Crippen LogP contribution in [-0.4, -0.2) is 36.7 Å². The Morgan fingerprint density at radius 1 is 1.15 bits per heavy atom. The normalized spacial score (nSPS) is 14.0. The molecule has 0 saturated carbocycles. The van der Waals surface area contributed by atoms with E-state index in [1.165, 1.54) is 30.3 Å². The second kappa shape index (κ2) is 12.0. The van der Waals surface area contributed by atoms with Crippen LogP contribution >= 0.6 is 0 Å². The third kappa shape index (κ3) is 6.78. The summed E-state index contributed by atoms with van der Waals surface area (Å²) in [6.45, 7) is 5.97. The highest BCUT2D eigenvalue weighted by Crippen LogP contribution is 2.27. The van der Waals surface area contributed by atoms with Gasteiger partial charge in [0.1, 0.15) is 5.75 Å². The number of hydrazone groups is 1. The number of non-ortho nitro benzene ring substituents is 1. The number of nitrogens with one attached hydrogen (secondary N) is 1. The van der Waals surface area contributed by atoms with Crippen molar-refractivity contribution in [2.45, 2.75) is 51.9 Å². The van der Waals surface area contributed by atoms with Gasteiger partial charge in [-0.2, -0.15) is 5.10 Å². The summed E-state index contributed by atoms with van der Waals surface area (Å²) in [5.74, 6) is 0.746. The molecule has 2 aromatic rings. The molecule has 0 aromatic heterocycles. The minimum absolute atomic E-state index is 0.0105. The summed E-state index contributed by atoms with van der Waals surface area (Å²) in [7, 11) is 0. The summed E-state index contributed by atoms with van der Waals surface area (Å²) < 4.78 is 5.56. The van der Waals surface area contributed by atoms with Crippen LogP contribution in [0.5, 0.6) is 5.75 Å². The minimum atomic E-state index is -0.432. The number of benzene rings is 2. The second-order valence-electron chi connectivity index (χ2n) is 8.21. The smallest absolute Gasteiger partial charge is 0.277 e. The molecule has 176 valence electrons. The van der Waals surface area contributed by atoms with E-state index in [1.54, 1.807) is 6.07 Å². The van der Waals surface area contributed by atoms with E-state index in [4.69, 9.17) is 4.74 Å². The highest BCUT2D eigenvalue weighted by molar-refractivity contribution is 5.90. The average Bonchev–Trinajstić information content (AvgIpc) is 2.84. The zero-order valence-electron chi connectivity index (χ0n) is 19.3. The van der Waals surface area contributed by atoms with Gasteiger partial charge in [0.05, 0.1) is 11.1 Å². The van der Waals surface area contributed by atoms with Crippen molar-refractivity contribution < 1.29 is 14.5 Å². The van der Waals surface area contributed by atoms with Crippen molar-refractivity contribution in [1.82, 2.24) is 5.43 Å². The van der Waals surface area contributed by atoms with Crippen LogP contribution in [0.4, 0.5) is 11.4 Å². The van der Waals surface area contributed by atoms with Crippen molar-refractivity contribution in [3.8, 4) is 5.75 Å². The average molecular weight is 453 g/mol. The molecule has 8 nitrogen and oxygen atoms in total. The minimum Gasteiger partial charge on any atom is -0.484 e. The van der Waals surface area contributed by atoms with E-state index < -0.39 is 10.8 Å². The lowest BCUT2D eigenvalue weighted by molar-refractivity contribution is -0.384. The van der Waals surface area contributed by atoms with E-state index in [9.17, 15) is 14.9 Å². The van der Waals surface area contributed by atoms with E-state index in [0.717, 1.165) is 44.5 Å². The number of rotatable bonds is 10. The molecule has 0 radical (unpaired) electrons. The van der Waals surface area contributed by atoms with Gasteiger partial charge in [-0.15, -0.1) is 0 Å². The molecule has 1 aliphatic rings. The number of ether oxygens (including phenoxy) is 1. The Bertz CT molecular complexity index is 965. The standard InChI is InChI=1S/C25H32N4O4/c1-3-19(4-2)20-8-11-23(12-9-20)33-18-25(30)27-26-17-21-16-22(29(31)32)10-13-24(21)28-14-6-5-7-15-28/h8-13,16-17,19H,3-7,14-15,18H2,1-2H3,(H,27,30)/b26-17+. The van der Waals surface area contributed by atoms with Crippen LogP contribution in [0.3, 0.4) is 0 Å². The third-order valence-corrected chi connectivity index (χ3v) is 6.02. The van der Waals surface area contributed by atoms with Crippen molar-refractivity contribution in [1.29, 1.82) is 0 Å². The Labute approximate surface area is 194 Å². The molecule has 1 aliphatic heterocycles. The van der Waals surface area contributed by atoms with Crippen LogP contribution < -0.4 is 15.1 Å². The number of amides is 1. The SMILES string of the molecule is CCC(CC)c1ccc(OCC(=O)N/N=C/c2cc([N+](=O)[O-])ccc2N2CCCCC2)cc1. The van der Waals surface area contributed by atoms with Gasteiger partial charge in [0.2, 0.25) is 0 Å². The molecule has 2 aromatic carbocycles. The summed E-state index contributed by atoms with van der Waals surface area (Å²) in [6.07, 6.45) is 6.98. The third-order valence-electron chi connectivity index (χ3n) is 6.02. The zero-order chi connectivity index (χ0) is 23.6. The van der Waals surface area contributed by atoms with Gasteiger partial charge in [-0.1, -0.05) is 26.0 Å². The van der Waals surface area contributed by atoms with Gasteiger partial charge >= 0.3 is 0 Å². The number of nitro groups is 1. The molecular weight excluding hydrogens is 420 g/mol. The lowest BCUT2D eigenvalue weighted by Gasteiger charge is -2.29. The van der Waals surface area contributed by atoms with Crippen molar-refractivity contribution in [2.75, 3.05) is 24.6 Å². The van der Waals surface area contributed by atoms with Crippen LogP contribution in [0.2, 0.25) is 0 Å². The Kier molecular flexibility index (Phi) is 8.80. The molecule has 1 saturated heterocycles. The molecular formula is C25H32N4O4. The van der Waals surface area contributed by atoms with E-state index in [1.807, 2.05) is 24.3 Å². The van der Waals surface area contributed by atoms with Gasteiger partial charge in [-0.05, 0) is 61.8 Å². The van der Waals surface area contributed by atoms with Crippen molar-refractivity contribution in [3.63, 3.8) is 0 Å². The Morgan fingerprint density at radius 2 is 1.85 bits per heavy atom. The quantitative estimate of drug-likeness (QED) is 0.310. The molecule has 3 rings (SSSR count). The van der Waals surface area contributed by atoms with E-state index in [-0.39, 0.29) is 12.3 Å². The van der Waals surface area contributed by atoms with Gasteiger partial charge < -0.3 is 9.64 Å². The first kappa shape index (κ1) is 24.2. The molecule has 0 bridgehead atoms. The lowest BCUT2D eigenvalue weighted by atomic mass is 9.94. The topological polar surface area (TPSA) is 97.1 Å². The van der Waals surface area contributed by atoms with Gasteiger partial charge in [0.15, 0.2) is 6.61 Å². The molecule has 0 unspecified atom stereocenters.